The van der Waals surface area contributed by atoms with Gasteiger partial charge in [0.05, 0.1) is 5.56 Å². The van der Waals surface area contributed by atoms with Crippen LogP contribution in [0.5, 0.6) is 0 Å². The van der Waals surface area contributed by atoms with Crippen molar-refractivity contribution in [2.75, 3.05) is 37.6 Å². The summed E-state index contributed by atoms with van der Waals surface area (Å²) < 4.78 is 0. The normalized spacial score (nSPS) is 19.9. The molecule has 1 unspecified atom stereocenters. The summed E-state index contributed by atoms with van der Waals surface area (Å²) in [5.74, 6) is 0.743. The van der Waals surface area contributed by atoms with E-state index >= 15 is 0 Å². The molecule has 2 aliphatic rings. The number of nitrogens with one attached hydrogen (secondary N) is 1. The van der Waals surface area contributed by atoms with E-state index in [1.54, 1.807) is 12.4 Å². The Labute approximate surface area is 160 Å². The van der Waals surface area contributed by atoms with Gasteiger partial charge in [0.2, 0.25) is 5.95 Å². The number of amides is 1. The third-order valence-electron chi connectivity index (χ3n) is 4.94. The average molecular weight is 374 g/mol. The van der Waals surface area contributed by atoms with E-state index in [1.807, 2.05) is 23.1 Å². The van der Waals surface area contributed by atoms with E-state index in [0.717, 1.165) is 25.6 Å². The van der Waals surface area contributed by atoms with Gasteiger partial charge in [-0.05, 0) is 18.4 Å². The van der Waals surface area contributed by atoms with Gasteiger partial charge in [-0.2, -0.15) is 0 Å². The lowest BCUT2D eigenvalue weighted by atomic mass is 10.0. The van der Waals surface area contributed by atoms with Crippen LogP contribution >= 0.6 is 12.4 Å². The molecule has 1 N–H and O–H groups in total. The lowest BCUT2D eigenvalue weighted by Crippen LogP contribution is -2.48. The van der Waals surface area contributed by atoms with Crippen molar-refractivity contribution in [3.05, 3.63) is 53.9 Å². The number of halogens is 1. The van der Waals surface area contributed by atoms with Crippen LogP contribution in [0.3, 0.4) is 0 Å². The molecule has 6 nitrogen and oxygen atoms in total. The van der Waals surface area contributed by atoms with Crippen LogP contribution in [0.2, 0.25) is 0 Å². The second kappa shape index (κ2) is 8.47. The Kier molecular flexibility index (Phi) is 6.06. The lowest BCUT2D eigenvalue weighted by Gasteiger charge is -2.34. The van der Waals surface area contributed by atoms with E-state index in [9.17, 15) is 4.79 Å². The molecule has 1 aromatic heterocycles. The molecular formula is C19H24ClN5O. The minimum atomic E-state index is 0. The van der Waals surface area contributed by atoms with E-state index in [-0.39, 0.29) is 24.4 Å². The number of rotatable bonds is 3. The monoisotopic (exact) mass is 373 g/mol. The van der Waals surface area contributed by atoms with Gasteiger partial charge >= 0.3 is 0 Å². The second-order valence-electron chi connectivity index (χ2n) is 6.63. The van der Waals surface area contributed by atoms with Gasteiger partial charge in [-0.25, -0.2) is 9.97 Å². The predicted octanol–water partition coefficient (Wildman–Crippen LogP) is 2.29. The summed E-state index contributed by atoms with van der Waals surface area (Å²) in [7, 11) is 0. The quantitative estimate of drug-likeness (QED) is 0.894. The molecule has 3 heterocycles. The summed E-state index contributed by atoms with van der Waals surface area (Å²) in [5, 5.41) is 3.49. The molecule has 2 aromatic rings. The maximum Gasteiger partial charge on any atom is 0.257 e. The largest absolute Gasteiger partial charge is 0.341 e. The zero-order valence-corrected chi connectivity index (χ0v) is 15.5. The van der Waals surface area contributed by atoms with Crippen LogP contribution in [0.4, 0.5) is 5.95 Å². The minimum absolute atomic E-state index is 0. The van der Waals surface area contributed by atoms with Crippen molar-refractivity contribution < 1.29 is 4.79 Å². The predicted molar refractivity (Wildman–Crippen MR) is 104 cm³/mol. The summed E-state index contributed by atoms with van der Waals surface area (Å²) in [4.78, 5) is 25.7. The molecule has 2 aliphatic heterocycles. The highest BCUT2D eigenvalue weighted by atomic mass is 35.5. The Hall–Kier alpha value is -2.18. The van der Waals surface area contributed by atoms with Gasteiger partial charge in [-0.1, -0.05) is 30.3 Å². The van der Waals surface area contributed by atoms with Crippen molar-refractivity contribution in [3.63, 3.8) is 0 Å². The Morgan fingerprint density at radius 2 is 1.73 bits per heavy atom. The third kappa shape index (κ3) is 3.97. The van der Waals surface area contributed by atoms with Gasteiger partial charge in [0.15, 0.2) is 0 Å². The number of nitrogens with zero attached hydrogens (tertiary/aromatic N) is 4. The fraction of sp³-hybridized carbons (Fsp3) is 0.421. The molecule has 26 heavy (non-hydrogen) atoms. The number of benzene rings is 1. The molecule has 0 saturated carbocycles. The Morgan fingerprint density at radius 3 is 2.42 bits per heavy atom. The summed E-state index contributed by atoms with van der Waals surface area (Å²) in [6.45, 7) is 4.17. The van der Waals surface area contributed by atoms with Crippen LogP contribution in [0.1, 0.15) is 34.8 Å². The first-order valence-electron chi connectivity index (χ1n) is 8.96. The maximum absolute atomic E-state index is 12.8. The second-order valence-corrected chi connectivity index (χ2v) is 6.63. The van der Waals surface area contributed by atoms with Crippen molar-refractivity contribution in [2.24, 2.45) is 0 Å². The van der Waals surface area contributed by atoms with Crippen molar-refractivity contribution >= 4 is 24.3 Å². The smallest absolute Gasteiger partial charge is 0.257 e. The minimum Gasteiger partial charge on any atom is -0.341 e. The van der Waals surface area contributed by atoms with Crippen LogP contribution in [-0.2, 0) is 0 Å². The van der Waals surface area contributed by atoms with Gasteiger partial charge < -0.3 is 15.1 Å². The first kappa shape index (κ1) is 18.6. The van der Waals surface area contributed by atoms with E-state index in [0.29, 0.717) is 18.7 Å². The Morgan fingerprint density at radius 1 is 1.04 bits per heavy atom. The highest BCUT2D eigenvalue weighted by Crippen LogP contribution is 2.19. The lowest BCUT2D eigenvalue weighted by molar-refractivity contribution is 0.0702. The standard InChI is InChI=1S/C19H23N5O.ClH/c25-18(16-12-21-19(22-13-16)23-9-4-5-10-23)24-11-8-20-17(14-24)15-6-2-1-3-7-15;/h1-3,6-7,12-13,17,20H,4-5,8-11,14H2;1H. The SMILES string of the molecule is Cl.O=C(c1cnc(N2CCCC2)nc1)N1CCNC(c2ccccc2)C1. The summed E-state index contributed by atoms with van der Waals surface area (Å²) in [6.07, 6.45) is 5.71. The molecule has 2 saturated heterocycles. The molecule has 7 heteroatoms. The molecule has 138 valence electrons. The fourth-order valence-corrected chi connectivity index (χ4v) is 3.54. The number of carbonyl (C=O) groups is 1. The van der Waals surface area contributed by atoms with Crippen LogP contribution in [0, 0.1) is 0 Å². The fourth-order valence-electron chi connectivity index (χ4n) is 3.54. The number of hydrogen-bond acceptors (Lipinski definition) is 5. The Bertz CT molecular complexity index is 718. The molecule has 0 aliphatic carbocycles. The van der Waals surface area contributed by atoms with E-state index < -0.39 is 0 Å². The van der Waals surface area contributed by atoms with E-state index in [4.69, 9.17) is 0 Å². The number of piperazine rings is 1. The summed E-state index contributed by atoms with van der Waals surface area (Å²) in [6, 6.07) is 10.4. The molecule has 0 radical (unpaired) electrons. The Balaban J connectivity index is 0.00000196. The van der Waals surface area contributed by atoms with Gasteiger partial charge in [0.25, 0.3) is 5.91 Å². The maximum atomic E-state index is 12.8. The molecule has 2 fully saturated rings. The van der Waals surface area contributed by atoms with E-state index in [2.05, 4.69) is 32.3 Å². The zero-order chi connectivity index (χ0) is 17.1. The van der Waals surface area contributed by atoms with Crippen LogP contribution in [0.25, 0.3) is 0 Å². The zero-order valence-electron chi connectivity index (χ0n) is 14.7. The van der Waals surface area contributed by atoms with Crippen molar-refractivity contribution in [3.8, 4) is 0 Å². The average Bonchev–Trinajstić information content (AvgIpc) is 3.23. The first-order valence-corrected chi connectivity index (χ1v) is 8.96. The van der Waals surface area contributed by atoms with Crippen molar-refractivity contribution in [1.82, 2.24) is 20.2 Å². The molecule has 0 spiro atoms. The molecule has 1 aromatic carbocycles. The molecule has 4 rings (SSSR count). The molecule has 1 atom stereocenters. The highest BCUT2D eigenvalue weighted by molar-refractivity contribution is 5.93. The van der Waals surface area contributed by atoms with Crippen LogP contribution in [0.15, 0.2) is 42.7 Å². The number of carbonyl (C=O) groups excluding carboxylic acids is 1. The number of anilines is 1. The van der Waals surface area contributed by atoms with Crippen molar-refractivity contribution in [1.29, 1.82) is 0 Å². The van der Waals surface area contributed by atoms with Gasteiger partial charge in [0, 0.05) is 51.2 Å². The highest BCUT2D eigenvalue weighted by Gasteiger charge is 2.25. The number of hydrogen-bond donors (Lipinski definition) is 1. The third-order valence-corrected chi connectivity index (χ3v) is 4.94. The van der Waals surface area contributed by atoms with Gasteiger partial charge in [-0.15, -0.1) is 12.4 Å². The first-order chi connectivity index (χ1) is 12.3. The number of aromatic nitrogens is 2. The van der Waals surface area contributed by atoms with Crippen LogP contribution in [-0.4, -0.2) is 53.5 Å². The van der Waals surface area contributed by atoms with Gasteiger partial charge in [-0.3, -0.25) is 4.79 Å². The summed E-state index contributed by atoms with van der Waals surface area (Å²) in [5.41, 5.74) is 1.78. The topological polar surface area (TPSA) is 61.4 Å². The van der Waals surface area contributed by atoms with E-state index in [1.165, 1.54) is 18.4 Å². The molecular weight excluding hydrogens is 350 g/mol. The van der Waals surface area contributed by atoms with Crippen molar-refractivity contribution in [2.45, 2.75) is 18.9 Å². The van der Waals surface area contributed by atoms with Crippen LogP contribution < -0.4 is 10.2 Å². The van der Waals surface area contributed by atoms with Gasteiger partial charge in [0.1, 0.15) is 0 Å². The summed E-state index contributed by atoms with van der Waals surface area (Å²) >= 11 is 0. The molecule has 0 bridgehead atoms. The molecule has 1 amide bonds.